The highest BCUT2D eigenvalue weighted by Gasteiger charge is 2.22. The Morgan fingerprint density at radius 2 is 2.11 bits per heavy atom. The van der Waals surface area contributed by atoms with Gasteiger partial charge in [0.1, 0.15) is 16.5 Å². The van der Waals surface area contributed by atoms with Crippen LogP contribution in [-0.2, 0) is 10.0 Å². The second kappa shape index (κ2) is 6.60. The Hall–Kier alpha value is -0.760. The minimum absolute atomic E-state index is 0. The highest BCUT2D eigenvalue weighted by atomic mass is 35.5. The number of hydrogen-bond donors (Lipinski definition) is 2. The van der Waals surface area contributed by atoms with Gasteiger partial charge < -0.3 is 5.32 Å². The van der Waals surface area contributed by atoms with Crippen LogP contribution in [-0.4, -0.2) is 28.1 Å². The molecule has 108 valence electrons. The molecule has 1 saturated heterocycles. The van der Waals surface area contributed by atoms with E-state index in [9.17, 15) is 17.2 Å². The van der Waals surface area contributed by atoms with Crippen LogP contribution in [0, 0.1) is 17.6 Å². The Labute approximate surface area is 117 Å². The van der Waals surface area contributed by atoms with Crippen LogP contribution in [0.4, 0.5) is 8.78 Å². The summed E-state index contributed by atoms with van der Waals surface area (Å²) in [5.74, 6) is -1.54. The lowest BCUT2D eigenvalue weighted by atomic mass is 10.1. The molecule has 2 N–H and O–H groups in total. The van der Waals surface area contributed by atoms with Gasteiger partial charge in [0.25, 0.3) is 0 Å². The third kappa shape index (κ3) is 4.10. The number of benzene rings is 1. The van der Waals surface area contributed by atoms with Gasteiger partial charge in [-0.1, -0.05) is 0 Å². The third-order valence-electron chi connectivity index (χ3n) is 2.91. The fourth-order valence-electron chi connectivity index (χ4n) is 1.88. The van der Waals surface area contributed by atoms with Gasteiger partial charge in [-0.2, -0.15) is 0 Å². The maximum absolute atomic E-state index is 13.4. The predicted octanol–water partition coefficient (Wildman–Crippen LogP) is 1.27. The Kier molecular flexibility index (Phi) is 5.66. The van der Waals surface area contributed by atoms with Crippen LogP contribution in [0.15, 0.2) is 23.1 Å². The zero-order chi connectivity index (χ0) is 13.2. The topological polar surface area (TPSA) is 58.2 Å². The van der Waals surface area contributed by atoms with E-state index in [1.54, 1.807) is 0 Å². The molecule has 0 saturated carbocycles. The van der Waals surface area contributed by atoms with Crippen molar-refractivity contribution in [3.63, 3.8) is 0 Å². The second-order valence-corrected chi connectivity index (χ2v) is 6.02. The van der Waals surface area contributed by atoms with Gasteiger partial charge in [0.15, 0.2) is 0 Å². The summed E-state index contributed by atoms with van der Waals surface area (Å²) in [6.45, 7) is 1.81. The van der Waals surface area contributed by atoms with Gasteiger partial charge in [-0.3, -0.25) is 0 Å². The quantitative estimate of drug-likeness (QED) is 0.880. The molecule has 0 radical (unpaired) electrons. The van der Waals surface area contributed by atoms with Gasteiger partial charge in [0, 0.05) is 6.54 Å². The lowest BCUT2D eigenvalue weighted by Crippen LogP contribution is -2.31. The molecule has 1 aliphatic rings. The molecule has 1 aliphatic heterocycles. The molecule has 0 spiro atoms. The van der Waals surface area contributed by atoms with Crippen molar-refractivity contribution in [2.75, 3.05) is 19.6 Å². The SMILES string of the molecule is Cl.O=S(=O)(NCC1CCNC1)c1cc(F)ccc1F. The van der Waals surface area contributed by atoms with Crippen molar-refractivity contribution in [3.05, 3.63) is 29.8 Å². The average molecular weight is 313 g/mol. The summed E-state index contributed by atoms with van der Waals surface area (Å²) >= 11 is 0. The van der Waals surface area contributed by atoms with Crippen molar-refractivity contribution in [2.24, 2.45) is 5.92 Å². The summed E-state index contributed by atoms with van der Waals surface area (Å²) in [6.07, 6.45) is 0.869. The first-order valence-electron chi connectivity index (χ1n) is 5.64. The Balaban J connectivity index is 0.00000180. The predicted molar refractivity (Wildman–Crippen MR) is 69.8 cm³/mol. The highest BCUT2D eigenvalue weighted by molar-refractivity contribution is 7.89. The number of nitrogens with one attached hydrogen (secondary N) is 2. The van der Waals surface area contributed by atoms with E-state index >= 15 is 0 Å². The molecule has 2 rings (SSSR count). The average Bonchev–Trinajstić information content (AvgIpc) is 2.83. The molecule has 0 aliphatic carbocycles. The zero-order valence-electron chi connectivity index (χ0n) is 10.0. The van der Waals surface area contributed by atoms with E-state index in [0.717, 1.165) is 31.6 Å². The first-order valence-corrected chi connectivity index (χ1v) is 7.13. The summed E-state index contributed by atoms with van der Waals surface area (Å²) in [6, 6.07) is 2.38. The molecular weight excluding hydrogens is 298 g/mol. The van der Waals surface area contributed by atoms with Crippen molar-refractivity contribution >= 4 is 22.4 Å². The Bertz CT molecular complexity index is 533. The molecule has 8 heteroatoms. The van der Waals surface area contributed by atoms with Crippen LogP contribution in [0.5, 0.6) is 0 Å². The highest BCUT2D eigenvalue weighted by Crippen LogP contribution is 2.16. The molecule has 1 atom stereocenters. The fourth-order valence-corrected chi connectivity index (χ4v) is 3.08. The van der Waals surface area contributed by atoms with E-state index in [2.05, 4.69) is 10.0 Å². The van der Waals surface area contributed by atoms with Crippen molar-refractivity contribution < 1.29 is 17.2 Å². The van der Waals surface area contributed by atoms with Gasteiger partial charge in [-0.15, -0.1) is 12.4 Å². The van der Waals surface area contributed by atoms with E-state index in [0.29, 0.717) is 6.07 Å². The Morgan fingerprint density at radius 3 is 2.74 bits per heavy atom. The van der Waals surface area contributed by atoms with Crippen LogP contribution in [0.25, 0.3) is 0 Å². The molecule has 1 unspecified atom stereocenters. The van der Waals surface area contributed by atoms with Crippen molar-refractivity contribution in [3.8, 4) is 0 Å². The largest absolute Gasteiger partial charge is 0.316 e. The summed E-state index contributed by atoms with van der Waals surface area (Å²) in [5, 5.41) is 3.10. The van der Waals surface area contributed by atoms with E-state index in [4.69, 9.17) is 0 Å². The van der Waals surface area contributed by atoms with Gasteiger partial charge in [0.2, 0.25) is 10.0 Å². The second-order valence-electron chi connectivity index (χ2n) is 4.29. The molecule has 0 bridgehead atoms. The van der Waals surface area contributed by atoms with Crippen molar-refractivity contribution in [2.45, 2.75) is 11.3 Å². The molecule has 19 heavy (non-hydrogen) atoms. The first kappa shape index (κ1) is 16.3. The number of halogens is 3. The maximum atomic E-state index is 13.4. The van der Waals surface area contributed by atoms with Gasteiger partial charge in [-0.25, -0.2) is 21.9 Å². The van der Waals surface area contributed by atoms with Crippen LogP contribution in [0.1, 0.15) is 6.42 Å². The normalized spacial score (nSPS) is 19.2. The van der Waals surface area contributed by atoms with Crippen LogP contribution in [0.2, 0.25) is 0 Å². The minimum atomic E-state index is -3.99. The molecule has 1 aromatic rings. The van der Waals surface area contributed by atoms with Gasteiger partial charge in [0.05, 0.1) is 0 Å². The third-order valence-corrected chi connectivity index (χ3v) is 4.35. The fraction of sp³-hybridized carbons (Fsp3) is 0.455. The molecular formula is C11H15ClF2N2O2S. The van der Waals surface area contributed by atoms with Crippen molar-refractivity contribution in [1.29, 1.82) is 0 Å². The molecule has 1 aromatic carbocycles. The van der Waals surface area contributed by atoms with Crippen LogP contribution >= 0.6 is 12.4 Å². The number of sulfonamides is 1. The Morgan fingerprint density at radius 1 is 1.37 bits per heavy atom. The lowest BCUT2D eigenvalue weighted by molar-refractivity contribution is 0.524. The molecule has 0 aromatic heterocycles. The maximum Gasteiger partial charge on any atom is 0.243 e. The van der Waals surface area contributed by atoms with Crippen LogP contribution in [0.3, 0.4) is 0 Å². The number of rotatable bonds is 4. The monoisotopic (exact) mass is 312 g/mol. The standard InChI is InChI=1S/C11H14F2N2O2S.ClH/c12-9-1-2-10(13)11(5-9)18(16,17)15-7-8-3-4-14-6-8;/h1-2,5,8,14-15H,3-4,6-7H2;1H. The summed E-state index contributed by atoms with van der Waals surface area (Å²) in [5.41, 5.74) is 0. The molecule has 1 fully saturated rings. The first-order chi connectivity index (χ1) is 8.49. The minimum Gasteiger partial charge on any atom is -0.316 e. The number of hydrogen-bond acceptors (Lipinski definition) is 3. The lowest BCUT2D eigenvalue weighted by Gasteiger charge is -2.11. The molecule has 1 heterocycles. The zero-order valence-corrected chi connectivity index (χ0v) is 11.7. The van der Waals surface area contributed by atoms with E-state index in [-0.39, 0.29) is 24.9 Å². The van der Waals surface area contributed by atoms with Gasteiger partial charge >= 0.3 is 0 Å². The smallest absolute Gasteiger partial charge is 0.243 e. The molecule has 0 amide bonds. The molecule has 4 nitrogen and oxygen atoms in total. The summed E-state index contributed by atoms with van der Waals surface area (Å²) < 4.78 is 52.3. The van der Waals surface area contributed by atoms with Gasteiger partial charge in [-0.05, 0) is 43.6 Å². The van der Waals surface area contributed by atoms with E-state index < -0.39 is 26.6 Å². The van der Waals surface area contributed by atoms with Crippen molar-refractivity contribution in [1.82, 2.24) is 10.0 Å². The van der Waals surface area contributed by atoms with E-state index in [1.165, 1.54) is 0 Å². The summed E-state index contributed by atoms with van der Waals surface area (Å²) in [7, 11) is -3.99. The summed E-state index contributed by atoms with van der Waals surface area (Å²) in [4.78, 5) is -0.645. The van der Waals surface area contributed by atoms with E-state index in [1.807, 2.05) is 0 Å². The van der Waals surface area contributed by atoms with Crippen LogP contribution < -0.4 is 10.0 Å².